The number of hydrogen-bond donors (Lipinski definition) is 5. The average molecular weight is 470 g/mol. The monoisotopic (exact) mass is 470 g/mol. The number of amides is 2. The van der Waals surface area contributed by atoms with Gasteiger partial charge in [-0.1, -0.05) is 0 Å². The molecule has 0 saturated carbocycles. The number of phosphoric acid groups is 1. The molecule has 0 aromatic carbocycles. The Bertz CT molecular complexity index is 706. The molecule has 13 nitrogen and oxygen atoms in total. The Morgan fingerprint density at radius 3 is 1.84 bits per heavy atom. The third-order valence-corrected chi connectivity index (χ3v) is 3.57. The molecule has 0 aliphatic rings. The number of aliphatic carboxylic acids is 1. The van der Waals surface area contributed by atoms with Gasteiger partial charge in [-0.2, -0.15) is 0 Å². The van der Waals surface area contributed by atoms with Crippen LogP contribution in [0.1, 0.15) is 54.4 Å². The Morgan fingerprint density at radius 1 is 0.903 bits per heavy atom. The standard InChI is InChI=1S/C17H31N2O11P/c1-16(2,3)29-14(23)10(19-15(24)30-17(4,5)6)7-8-12(20)18-11(13(21)22)9-28-31(25,26)27/h10-11H,7-9H2,1-6H3,(H,18,20)(H,19,24)(H,21,22)(H2,25,26,27)/t10-,11-/m0/s1. The highest BCUT2D eigenvalue weighted by Gasteiger charge is 2.30. The van der Waals surface area contributed by atoms with E-state index in [1.54, 1.807) is 41.5 Å². The van der Waals surface area contributed by atoms with E-state index in [-0.39, 0.29) is 6.42 Å². The summed E-state index contributed by atoms with van der Waals surface area (Å²) in [5, 5.41) is 13.4. The third-order valence-electron chi connectivity index (χ3n) is 3.09. The quantitative estimate of drug-likeness (QED) is 0.222. The van der Waals surface area contributed by atoms with Crippen LogP contribution in [0.2, 0.25) is 0 Å². The number of carboxylic acid groups (broad SMARTS) is 1. The first-order chi connectivity index (χ1) is 13.8. The van der Waals surface area contributed by atoms with E-state index < -0.39 is 68.1 Å². The first-order valence-electron chi connectivity index (χ1n) is 9.24. The molecule has 0 unspecified atom stereocenters. The Balaban J connectivity index is 5.10. The number of carbonyl (C=O) groups excluding carboxylic acids is 3. The molecule has 31 heavy (non-hydrogen) atoms. The van der Waals surface area contributed by atoms with Crippen molar-refractivity contribution in [3.05, 3.63) is 0 Å². The van der Waals surface area contributed by atoms with Crippen molar-refractivity contribution in [3.63, 3.8) is 0 Å². The highest BCUT2D eigenvalue weighted by atomic mass is 31.2. The van der Waals surface area contributed by atoms with Crippen molar-refractivity contribution in [2.45, 2.75) is 77.7 Å². The van der Waals surface area contributed by atoms with E-state index in [0.717, 1.165) is 0 Å². The lowest BCUT2D eigenvalue weighted by molar-refractivity contribution is -0.157. The predicted octanol–water partition coefficient (Wildman–Crippen LogP) is 0.680. The number of rotatable bonds is 10. The largest absolute Gasteiger partial charge is 0.480 e. The van der Waals surface area contributed by atoms with Crippen molar-refractivity contribution in [1.29, 1.82) is 0 Å². The number of esters is 1. The second-order valence-electron chi connectivity index (χ2n) is 8.52. The SMILES string of the molecule is CC(C)(C)OC(=O)N[C@@H](CCC(=O)N[C@@H](COP(=O)(O)O)C(=O)O)C(=O)OC(C)(C)C. The summed E-state index contributed by atoms with van der Waals surface area (Å²) in [5.74, 6) is -3.27. The zero-order valence-corrected chi connectivity index (χ0v) is 19.2. The second kappa shape index (κ2) is 11.4. The van der Waals surface area contributed by atoms with Gasteiger partial charge in [0.15, 0.2) is 6.04 Å². The summed E-state index contributed by atoms with van der Waals surface area (Å²) in [7, 11) is -4.94. The molecule has 0 aromatic heterocycles. The average Bonchev–Trinajstić information content (AvgIpc) is 2.50. The Kier molecular flexibility index (Phi) is 10.6. The molecule has 5 N–H and O–H groups in total. The number of carboxylic acids is 1. The van der Waals surface area contributed by atoms with Crippen molar-refractivity contribution in [2.24, 2.45) is 0 Å². The van der Waals surface area contributed by atoms with Crippen LogP contribution in [-0.4, -0.2) is 68.7 Å². The van der Waals surface area contributed by atoms with E-state index in [2.05, 4.69) is 9.84 Å². The zero-order chi connectivity index (χ0) is 24.6. The molecule has 0 rings (SSSR count). The van der Waals surface area contributed by atoms with Gasteiger partial charge in [0.05, 0.1) is 6.61 Å². The Morgan fingerprint density at radius 2 is 1.42 bits per heavy atom. The Hall–Kier alpha value is -2.21. The van der Waals surface area contributed by atoms with Crippen LogP contribution in [-0.2, 0) is 32.9 Å². The van der Waals surface area contributed by atoms with E-state index in [1.807, 2.05) is 5.32 Å². The molecule has 0 heterocycles. The summed E-state index contributed by atoms with van der Waals surface area (Å²) >= 11 is 0. The van der Waals surface area contributed by atoms with Gasteiger partial charge in [0.1, 0.15) is 17.2 Å². The summed E-state index contributed by atoms with van der Waals surface area (Å²) in [4.78, 5) is 65.0. The van der Waals surface area contributed by atoms with E-state index >= 15 is 0 Å². The van der Waals surface area contributed by atoms with Crippen LogP contribution in [0.15, 0.2) is 0 Å². The van der Waals surface area contributed by atoms with Gasteiger partial charge < -0.3 is 35.0 Å². The molecule has 0 radical (unpaired) electrons. The number of ether oxygens (including phenoxy) is 2. The molecule has 0 aliphatic heterocycles. The molecule has 14 heteroatoms. The second-order valence-corrected chi connectivity index (χ2v) is 9.75. The number of phosphoric ester groups is 1. The van der Waals surface area contributed by atoms with Gasteiger partial charge in [-0.25, -0.2) is 18.9 Å². The minimum absolute atomic E-state index is 0.258. The lowest BCUT2D eigenvalue weighted by Gasteiger charge is -2.26. The summed E-state index contributed by atoms with van der Waals surface area (Å²) < 4.78 is 25.1. The van der Waals surface area contributed by atoms with E-state index in [0.29, 0.717) is 0 Å². The van der Waals surface area contributed by atoms with Gasteiger partial charge in [0.2, 0.25) is 5.91 Å². The van der Waals surface area contributed by atoms with Crippen LogP contribution in [0, 0.1) is 0 Å². The van der Waals surface area contributed by atoms with Crippen LogP contribution < -0.4 is 10.6 Å². The molecule has 2 amide bonds. The van der Waals surface area contributed by atoms with Gasteiger partial charge in [-0.3, -0.25) is 9.32 Å². The minimum Gasteiger partial charge on any atom is -0.480 e. The first-order valence-corrected chi connectivity index (χ1v) is 10.8. The lowest BCUT2D eigenvalue weighted by Crippen LogP contribution is -2.47. The Labute approximate surface area is 180 Å². The molecular weight excluding hydrogens is 439 g/mol. The molecule has 0 spiro atoms. The van der Waals surface area contributed by atoms with Crippen LogP contribution in [0.3, 0.4) is 0 Å². The molecule has 0 bridgehead atoms. The molecule has 0 fully saturated rings. The molecule has 0 saturated heterocycles. The number of nitrogens with one attached hydrogen (secondary N) is 2. The minimum atomic E-state index is -4.94. The summed E-state index contributed by atoms with van der Waals surface area (Å²) in [6.07, 6.45) is -1.59. The predicted molar refractivity (Wildman–Crippen MR) is 106 cm³/mol. The first kappa shape index (κ1) is 28.8. The smallest absolute Gasteiger partial charge is 0.469 e. The van der Waals surface area contributed by atoms with Gasteiger partial charge in [-0.15, -0.1) is 0 Å². The summed E-state index contributed by atoms with van der Waals surface area (Å²) in [6.45, 7) is 8.72. The van der Waals surface area contributed by atoms with Crippen molar-refractivity contribution in [2.75, 3.05) is 6.61 Å². The number of carbonyl (C=O) groups is 4. The van der Waals surface area contributed by atoms with Crippen molar-refractivity contribution in [1.82, 2.24) is 10.6 Å². The topological polar surface area (TPSA) is 198 Å². The molecule has 0 aromatic rings. The van der Waals surface area contributed by atoms with E-state index in [4.69, 9.17) is 24.4 Å². The van der Waals surface area contributed by atoms with E-state index in [1.165, 1.54) is 0 Å². The normalized spacial score (nSPS) is 14.2. The lowest BCUT2D eigenvalue weighted by atomic mass is 10.1. The maximum atomic E-state index is 12.4. The molecular formula is C17H31N2O11P. The van der Waals surface area contributed by atoms with E-state index in [9.17, 15) is 23.7 Å². The van der Waals surface area contributed by atoms with Crippen molar-refractivity contribution >= 4 is 31.8 Å². The highest BCUT2D eigenvalue weighted by molar-refractivity contribution is 7.46. The van der Waals surface area contributed by atoms with Crippen molar-refractivity contribution < 1.29 is 52.6 Å². The van der Waals surface area contributed by atoms with Crippen LogP contribution in [0.4, 0.5) is 4.79 Å². The fourth-order valence-electron chi connectivity index (χ4n) is 1.96. The molecule has 0 aliphatic carbocycles. The van der Waals surface area contributed by atoms with Gasteiger partial charge in [-0.05, 0) is 48.0 Å². The fourth-order valence-corrected chi connectivity index (χ4v) is 2.30. The maximum Gasteiger partial charge on any atom is 0.469 e. The van der Waals surface area contributed by atoms with Crippen molar-refractivity contribution in [3.8, 4) is 0 Å². The van der Waals surface area contributed by atoms with Crippen LogP contribution >= 0.6 is 7.82 Å². The maximum absolute atomic E-state index is 12.4. The van der Waals surface area contributed by atoms with Gasteiger partial charge >= 0.3 is 25.9 Å². The van der Waals surface area contributed by atoms with Gasteiger partial charge in [0.25, 0.3) is 0 Å². The summed E-state index contributed by atoms with van der Waals surface area (Å²) in [5.41, 5.74) is -1.71. The molecule has 2 atom stereocenters. The fraction of sp³-hybridized carbons (Fsp3) is 0.765. The summed E-state index contributed by atoms with van der Waals surface area (Å²) in [6, 6.07) is -3.01. The van der Waals surface area contributed by atoms with Gasteiger partial charge in [0, 0.05) is 6.42 Å². The third kappa shape index (κ3) is 15.3. The highest BCUT2D eigenvalue weighted by Crippen LogP contribution is 2.35. The number of hydrogen-bond acceptors (Lipinski definition) is 8. The molecule has 180 valence electrons. The number of alkyl carbamates (subject to hydrolysis) is 1. The van der Waals surface area contributed by atoms with Crippen LogP contribution in [0.5, 0.6) is 0 Å². The zero-order valence-electron chi connectivity index (χ0n) is 18.3. The van der Waals surface area contributed by atoms with Crippen LogP contribution in [0.25, 0.3) is 0 Å².